The first kappa shape index (κ1) is 21.4. The molecule has 1 amide bonds. The second-order valence-corrected chi connectivity index (χ2v) is 8.24. The van der Waals surface area contributed by atoms with Gasteiger partial charge in [-0.3, -0.25) is 14.5 Å². The topological polar surface area (TPSA) is 95.0 Å². The van der Waals surface area contributed by atoms with Crippen LogP contribution in [0.1, 0.15) is 33.5 Å². The Morgan fingerprint density at radius 2 is 1.88 bits per heavy atom. The number of methoxy groups -OCH3 is 2. The molecule has 0 radical (unpaired) electrons. The van der Waals surface area contributed by atoms with Gasteiger partial charge in [-0.15, -0.1) is 0 Å². The van der Waals surface area contributed by atoms with Gasteiger partial charge in [0.05, 0.1) is 30.2 Å². The average Bonchev–Trinajstić information content (AvgIpc) is 3.34. The zero-order valence-corrected chi connectivity index (χ0v) is 19.2. The molecule has 4 aromatic rings. The monoisotopic (exact) mass is 486 g/mol. The minimum Gasteiger partial charge on any atom is -0.493 e. The van der Waals surface area contributed by atoms with Gasteiger partial charge in [0.15, 0.2) is 28.3 Å². The molecule has 1 aliphatic rings. The van der Waals surface area contributed by atoms with Crippen molar-refractivity contribution in [2.24, 2.45) is 0 Å². The summed E-state index contributed by atoms with van der Waals surface area (Å²) in [6.45, 7) is 1.70. The molecule has 0 saturated carbocycles. The first-order valence-corrected chi connectivity index (χ1v) is 10.5. The largest absolute Gasteiger partial charge is 0.493 e. The molecule has 0 bridgehead atoms. The van der Waals surface area contributed by atoms with Gasteiger partial charge in [-0.1, -0.05) is 40.5 Å². The molecule has 0 fully saturated rings. The van der Waals surface area contributed by atoms with Gasteiger partial charge < -0.3 is 18.4 Å². The first-order valence-electron chi connectivity index (χ1n) is 9.79. The number of nitrogens with zero attached hydrogens (tertiary/aromatic N) is 2. The fourth-order valence-corrected chi connectivity index (χ4v) is 4.66. The lowest BCUT2D eigenvalue weighted by Crippen LogP contribution is -2.30. The van der Waals surface area contributed by atoms with Crippen LogP contribution in [0.4, 0.5) is 5.82 Å². The summed E-state index contributed by atoms with van der Waals surface area (Å²) in [4.78, 5) is 28.6. The van der Waals surface area contributed by atoms with Crippen molar-refractivity contribution in [2.45, 2.75) is 13.0 Å². The van der Waals surface area contributed by atoms with Crippen molar-refractivity contribution >= 4 is 45.9 Å². The number of rotatable bonds is 4. The number of carbonyl (C=O) groups is 1. The van der Waals surface area contributed by atoms with Crippen molar-refractivity contribution in [3.8, 4) is 11.5 Å². The standard InChI is InChI=1S/C23H16Cl2N2O6/c1-10-7-16(26-33-10)27-18(12-5-4-6-15(30-2)21(12)31-3)17-19(28)13-8-11(24)9-14(25)20(13)32-22(17)23(27)29/h4-9,18H,1-3H3. The number of carbonyl (C=O) groups excluding carboxylic acids is 1. The van der Waals surface area contributed by atoms with Crippen LogP contribution in [-0.2, 0) is 0 Å². The maximum Gasteiger partial charge on any atom is 0.296 e. The number of hydrogen-bond donors (Lipinski definition) is 0. The Morgan fingerprint density at radius 1 is 1.09 bits per heavy atom. The molecule has 2 aromatic heterocycles. The van der Waals surface area contributed by atoms with E-state index >= 15 is 0 Å². The lowest BCUT2D eigenvalue weighted by atomic mass is 9.97. The van der Waals surface area contributed by atoms with Crippen LogP contribution in [-0.4, -0.2) is 25.3 Å². The summed E-state index contributed by atoms with van der Waals surface area (Å²) < 4.78 is 22.1. The Bertz CT molecular complexity index is 1490. The van der Waals surface area contributed by atoms with Gasteiger partial charge in [0.25, 0.3) is 5.91 Å². The Labute approximate surface area is 197 Å². The van der Waals surface area contributed by atoms with Gasteiger partial charge in [0, 0.05) is 16.7 Å². The smallest absolute Gasteiger partial charge is 0.296 e. The molecule has 0 spiro atoms. The Morgan fingerprint density at radius 3 is 2.55 bits per heavy atom. The van der Waals surface area contributed by atoms with Gasteiger partial charge in [0.1, 0.15) is 11.8 Å². The Kier molecular flexibility index (Phi) is 5.07. The maximum atomic E-state index is 13.7. The van der Waals surface area contributed by atoms with Crippen LogP contribution in [0.25, 0.3) is 11.0 Å². The van der Waals surface area contributed by atoms with E-state index in [0.29, 0.717) is 22.8 Å². The Balaban J connectivity index is 1.88. The lowest BCUT2D eigenvalue weighted by Gasteiger charge is -2.24. The molecular formula is C23H16Cl2N2O6. The second-order valence-electron chi connectivity index (χ2n) is 7.39. The summed E-state index contributed by atoms with van der Waals surface area (Å²) in [7, 11) is 2.98. The summed E-state index contributed by atoms with van der Waals surface area (Å²) in [5, 5.41) is 4.55. The van der Waals surface area contributed by atoms with Crippen molar-refractivity contribution in [3.63, 3.8) is 0 Å². The fourth-order valence-electron chi connectivity index (χ4n) is 4.13. The third kappa shape index (κ3) is 3.17. The van der Waals surface area contributed by atoms with Crippen LogP contribution in [0, 0.1) is 6.92 Å². The predicted octanol–water partition coefficient (Wildman–Crippen LogP) is 5.16. The second kappa shape index (κ2) is 7.83. The summed E-state index contributed by atoms with van der Waals surface area (Å²) in [6, 6.07) is 8.76. The molecule has 0 saturated heterocycles. The highest BCUT2D eigenvalue weighted by Gasteiger charge is 2.46. The summed E-state index contributed by atoms with van der Waals surface area (Å²) in [5.41, 5.74) is 0.247. The zero-order chi connectivity index (χ0) is 23.4. The van der Waals surface area contributed by atoms with E-state index in [1.807, 2.05) is 0 Å². The normalized spacial score (nSPS) is 15.2. The summed E-state index contributed by atoms with van der Waals surface area (Å²) in [5.74, 6) is 0.782. The van der Waals surface area contributed by atoms with Crippen molar-refractivity contribution in [1.29, 1.82) is 0 Å². The van der Waals surface area contributed by atoms with Gasteiger partial charge in [-0.05, 0) is 25.1 Å². The molecule has 0 N–H and O–H groups in total. The molecule has 3 heterocycles. The number of hydrogen-bond acceptors (Lipinski definition) is 7. The molecular weight excluding hydrogens is 471 g/mol. The molecule has 2 aromatic carbocycles. The van der Waals surface area contributed by atoms with Crippen molar-refractivity contribution in [1.82, 2.24) is 5.16 Å². The average molecular weight is 487 g/mol. The lowest BCUT2D eigenvalue weighted by molar-refractivity contribution is 0.0969. The van der Waals surface area contributed by atoms with Crippen molar-refractivity contribution in [3.05, 3.63) is 79.3 Å². The number of anilines is 1. The molecule has 1 atom stereocenters. The molecule has 8 nitrogen and oxygen atoms in total. The van der Waals surface area contributed by atoms with E-state index in [1.54, 1.807) is 31.2 Å². The molecule has 0 aliphatic carbocycles. The van der Waals surface area contributed by atoms with Gasteiger partial charge in [-0.2, -0.15) is 0 Å². The minimum atomic E-state index is -0.930. The molecule has 33 heavy (non-hydrogen) atoms. The SMILES string of the molecule is COc1cccc(C2c3c(oc4c(Cl)cc(Cl)cc4c3=O)C(=O)N2c2cc(C)on2)c1OC. The summed E-state index contributed by atoms with van der Waals surface area (Å²) in [6.07, 6.45) is 0. The van der Waals surface area contributed by atoms with Crippen LogP contribution >= 0.6 is 23.2 Å². The first-order chi connectivity index (χ1) is 15.8. The van der Waals surface area contributed by atoms with Crippen molar-refractivity contribution < 1.29 is 23.2 Å². The molecule has 1 unspecified atom stereocenters. The van der Waals surface area contributed by atoms with E-state index in [2.05, 4.69) is 5.16 Å². The number of ether oxygens (including phenoxy) is 2. The van der Waals surface area contributed by atoms with Crippen LogP contribution in [0.5, 0.6) is 11.5 Å². The zero-order valence-electron chi connectivity index (χ0n) is 17.6. The number of fused-ring (bicyclic) bond motifs is 2. The fraction of sp³-hybridized carbons (Fsp3) is 0.174. The van der Waals surface area contributed by atoms with Crippen molar-refractivity contribution in [2.75, 3.05) is 19.1 Å². The number of aromatic nitrogens is 1. The third-order valence-corrected chi connectivity index (χ3v) is 5.98. The van der Waals surface area contributed by atoms with E-state index in [-0.39, 0.29) is 38.2 Å². The van der Waals surface area contributed by atoms with Crippen LogP contribution < -0.4 is 19.8 Å². The Hall–Kier alpha value is -3.49. The number of aryl methyl sites for hydroxylation is 1. The summed E-state index contributed by atoms with van der Waals surface area (Å²) >= 11 is 12.4. The van der Waals surface area contributed by atoms with Crippen LogP contribution in [0.15, 0.2) is 50.1 Å². The minimum absolute atomic E-state index is 0.0766. The third-order valence-electron chi connectivity index (χ3n) is 5.48. The van der Waals surface area contributed by atoms with Gasteiger partial charge in [-0.25, -0.2) is 0 Å². The number of amides is 1. The molecule has 168 valence electrons. The predicted molar refractivity (Wildman–Crippen MR) is 122 cm³/mol. The van der Waals surface area contributed by atoms with Crippen LogP contribution in [0.3, 0.4) is 0 Å². The quantitative estimate of drug-likeness (QED) is 0.392. The van der Waals surface area contributed by atoms with E-state index in [4.69, 9.17) is 41.6 Å². The van der Waals surface area contributed by atoms with Gasteiger partial charge >= 0.3 is 0 Å². The van der Waals surface area contributed by atoms with Gasteiger partial charge in [0.2, 0.25) is 5.76 Å². The van der Waals surface area contributed by atoms with E-state index in [1.165, 1.54) is 31.3 Å². The van der Waals surface area contributed by atoms with E-state index < -0.39 is 17.4 Å². The molecule has 10 heteroatoms. The van der Waals surface area contributed by atoms with E-state index in [0.717, 1.165) is 0 Å². The highest BCUT2D eigenvalue weighted by atomic mass is 35.5. The number of para-hydroxylation sites is 1. The molecule has 5 rings (SSSR count). The maximum absolute atomic E-state index is 13.7. The number of halogens is 2. The van der Waals surface area contributed by atoms with Crippen LogP contribution in [0.2, 0.25) is 10.0 Å². The molecule has 1 aliphatic heterocycles. The number of benzene rings is 2. The van der Waals surface area contributed by atoms with E-state index in [9.17, 15) is 9.59 Å². The highest BCUT2D eigenvalue weighted by molar-refractivity contribution is 6.38. The highest BCUT2D eigenvalue weighted by Crippen LogP contribution is 2.46.